The van der Waals surface area contributed by atoms with Crippen molar-refractivity contribution in [3.63, 3.8) is 0 Å². The van der Waals surface area contributed by atoms with Crippen LogP contribution in [0.5, 0.6) is 0 Å². The first-order chi connectivity index (χ1) is 22.3. The molecule has 260 valence electrons. The summed E-state index contributed by atoms with van der Waals surface area (Å²) in [6.07, 6.45) is 6.89. The number of rotatable bonds is 21. The van der Waals surface area contributed by atoms with Gasteiger partial charge >= 0.3 is 12.1 Å². The number of aromatic nitrogens is 1. The molecule has 1 aromatic heterocycles. The fourth-order valence-electron chi connectivity index (χ4n) is 5.08. The zero-order chi connectivity index (χ0) is 34.9. The van der Waals surface area contributed by atoms with Crippen molar-refractivity contribution in [1.82, 2.24) is 25.8 Å². The minimum absolute atomic E-state index is 0.0300. The number of H-pyrrole nitrogens is 1. The van der Waals surface area contributed by atoms with Gasteiger partial charge in [0.25, 0.3) is 0 Å². The van der Waals surface area contributed by atoms with Crippen LogP contribution >= 0.6 is 0 Å². The molecule has 47 heavy (non-hydrogen) atoms. The fourth-order valence-corrected chi connectivity index (χ4v) is 5.08. The summed E-state index contributed by atoms with van der Waals surface area (Å²) >= 11 is 0. The summed E-state index contributed by atoms with van der Waals surface area (Å²) in [7, 11) is 1.41. The fraction of sp³-hybridized carbons (Fsp3) is 0.576. The Hall–Kier alpha value is -4.62. The third kappa shape index (κ3) is 13.3. The summed E-state index contributed by atoms with van der Waals surface area (Å²) in [5, 5.41) is 17.5. The molecule has 14 heteroatoms. The summed E-state index contributed by atoms with van der Waals surface area (Å²) in [6, 6.07) is 2.85. The van der Waals surface area contributed by atoms with Crippen LogP contribution in [-0.4, -0.2) is 88.5 Å². The van der Waals surface area contributed by atoms with Crippen LogP contribution in [0, 0.1) is 0 Å². The number of unbranched alkanes of at least 4 members (excludes halogenated alkanes) is 6. The van der Waals surface area contributed by atoms with Crippen LogP contribution in [0.2, 0.25) is 0 Å². The molecule has 1 aromatic carbocycles. The van der Waals surface area contributed by atoms with E-state index in [-0.39, 0.29) is 19.1 Å². The zero-order valence-corrected chi connectivity index (χ0v) is 27.8. The van der Waals surface area contributed by atoms with Crippen molar-refractivity contribution >= 4 is 46.6 Å². The Bertz CT molecular complexity index is 1360. The number of nitrogens with one attached hydrogen (secondary N) is 4. The minimum Gasteiger partial charge on any atom is -0.481 e. The third-order valence-electron chi connectivity index (χ3n) is 7.60. The number of benzene rings is 1. The average Bonchev–Trinajstić information content (AvgIpc) is 3.41. The van der Waals surface area contributed by atoms with Crippen LogP contribution < -0.4 is 21.7 Å². The van der Waals surface area contributed by atoms with Crippen molar-refractivity contribution in [3.8, 4) is 0 Å². The van der Waals surface area contributed by atoms with Crippen molar-refractivity contribution in [2.75, 3.05) is 13.7 Å². The van der Waals surface area contributed by atoms with Crippen LogP contribution in [0.25, 0.3) is 10.9 Å². The highest BCUT2D eigenvalue weighted by Gasteiger charge is 2.34. The molecule has 14 nitrogen and oxygen atoms in total. The van der Waals surface area contributed by atoms with E-state index in [0.717, 1.165) is 47.0 Å². The zero-order valence-electron chi connectivity index (χ0n) is 27.8. The van der Waals surface area contributed by atoms with Gasteiger partial charge in [-0.2, -0.15) is 0 Å². The number of fused-ring (bicyclic) bond motifs is 1. The number of primary amides is 1. The highest BCUT2D eigenvalue weighted by molar-refractivity contribution is 5.97. The van der Waals surface area contributed by atoms with Crippen molar-refractivity contribution in [1.29, 1.82) is 0 Å². The summed E-state index contributed by atoms with van der Waals surface area (Å²) in [6.45, 7) is 5.66. The number of ether oxygens (including phenoxy) is 1. The van der Waals surface area contributed by atoms with Crippen molar-refractivity contribution < 1.29 is 38.6 Å². The molecule has 3 unspecified atom stereocenters. The molecule has 0 fully saturated rings. The number of hydrogen-bond acceptors (Lipinski definition) is 7. The number of aliphatic carboxylic acids is 1. The van der Waals surface area contributed by atoms with Gasteiger partial charge in [-0.3, -0.25) is 28.9 Å². The molecule has 0 aliphatic carbocycles. The molecule has 0 saturated heterocycles. The van der Waals surface area contributed by atoms with Crippen LogP contribution in [0.4, 0.5) is 4.79 Å². The van der Waals surface area contributed by atoms with Gasteiger partial charge in [0, 0.05) is 36.6 Å². The van der Waals surface area contributed by atoms with Gasteiger partial charge in [-0.05, 0) is 31.9 Å². The van der Waals surface area contributed by atoms with Gasteiger partial charge < -0.3 is 36.5 Å². The van der Waals surface area contributed by atoms with Crippen molar-refractivity contribution in [3.05, 3.63) is 36.0 Å². The number of carboxylic acid groups (broad SMARTS) is 1. The molecule has 2 rings (SSSR count). The Kier molecular flexibility index (Phi) is 16.2. The number of para-hydroxylation sites is 1. The predicted molar refractivity (Wildman–Crippen MR) is 176 cm³/mol. The van der Waals surface area contributed by atoms with E-state index in [4.69, 9.17) is 10.5 Å². The Morgan fingerprint density at radius 1 is 0.872 bits per heavy atom. The molecular formula is C33H50N6O8. The average molecular weight is 659 g/mol. The second-order valence-electron chi connectivity index (χ2n) is 12.0. The first kappa shape index (κ1) is 38.6. The Balaban J connectivity index is 2.25. The molecule has 0 bridgehead atoms. The maximum atomic E-state index is 13.8. The number of hydrogen-bond donors (Lipinski definition) is 6. The SMILES string of the molecule is CCCCCCCCCOC(=O)N(C)C(Cc1c[nH]c2ccccc12)C(=O)NC(CC(N)=O)C(=O)NC(CC(=O)O)C(=O)NC(C)C. The van der Waals surface area contributed by atoms with E-state index in [1.54, 1.807) is 20.0 Å². The van der Waals surface area contributed by atoms with E-state index in [1.165, 1.54) is 19.9 Å². The highest BCUT2D eigenvalue weighted by atomic mass is 16.6. The quantitative estimate of drug-likeness (QED) is 0.109. The highest BCUT2D eigenvalue weighted by Crippen LogP contribution is 2.21. The molecule has 0 spiro atoms. The summed E-state index contributed by atoms with van der Waals surface area (Å²) in [5.74, 6) is -4.80. The van der Waals surface area contributed by atoms with Crippen LogP contribution in [-0.2, 0) is 35.1 Å². The smallest absolute Gasteiger partial charge is 0.410 e. The van der Waals surface area contributed by atoms with Crippen molar-refractivity contribution in [2.24, 2.45) is 5.73 Å². The van der Waals surface area contributed by atoms with Crippen LogP contribution in [0.15, 0.2) is 30.5 Å². The largest absolute Gasteiger partial charge is 0.481 e. The van der Waals surface area contributed by atoms with E-state index in [2.05, 4.69) is 27.9 Å². The number of likely N-dealkylation sites (N-methyl/N-ethyl adjacent to an activating group) is 1. The maximum Gasteiger partial charge on any atom is 0.410 e. The van der Waals surface area contributed by atoms with Gasteiger partial charge in [-0.25, -0.2) is 4.79 Å². The standard InChI is InChI=1S/C33H50N6O8/c1-5-6-7-8-9-10-13-16-47-33(46)39(4)27(17-22-20-35-24-15-12-11-14-23(22)24)32(45)38-25(18-28(34)40)31(44)37-26(19-29(41)42)30(43)36-21(2)3/h11-12,14-15,20-21,25-27,35H,5-10,13,16-19H2,1-4H3,(H2,34,40)(H,36,43)(H,37,44)(H,38,45)(H,41,42). The van der Waals surface area contributed by atoms with Gasteiger partial charge in [0.2, 0.25) is 23.6 Å². The summed E-state index contributed by atoms with van der Waals surface area (Å²) in [4.78, 5) is 80.5. The lowest BCUT2D eigenvalue weighted by molar-refractivity contribution is -0.141. The van der Waals surface area contributed by atoms with Crippen molar-refractivity contribution in [2.45, 2.75) is 109 Å². The molecule has 0 radical (unpaired) electrons. The maximum absolute atomic E-state index is 13.8. The molecule has 0 saturated carbocycles. The Labute approximate surface area is 275 Å². The molecule has 2 aromatic rings. The number of nitrogens with two attached hydrogens (primary N) is 1. The molecule has 0 aliphatic heterocycles. The monoisotopic (exact) mass is 658 g/mol. The third-order valence-corrected chi connectivity index (χ3v) is 7.60. The van der Waals surface area contributed by atoms with Gasteiger partial charge in [-0.1, -0.05) is 63.6 Å². The lowest BCUT2D eigenvalue weighted by Gasteiger charge is -2.29. The number of aromatic amines is 1. The summed E-state index contributed by atoms with van der Waals surface area (Å²) in [5.41, 5.74) is 6.92. The minimum atomic E-state index is -1.56. The molecule has 1 heterocycles. The lowest BCUT2D eigenvalue weighted by Crippen LogP contribution is -2.58. The number of nitrogens with zero attached hydrogens (tertiary/aromatic N) is 1. The van der Waals surface area contributed by atoms with E-state index < -0.39 is 66.7 Å². The molecule has 0 aliphatic rings. The van der Waals surface area contributed by atoms with Gasteiger partial charge in [-0.15, -0.1) is 0 Å². The van der Waals surface area contributed by atoms with E-state index in [9.17, 15) is 33.9 Å². The molecular weight excluding hydrogens is 608 g/mol. The lowest BCUT2D eigenvalue weighted by atomic mass is 10.0. The van der Waals surface area contributed by atoms with E-state index in [0.29, 0.717) is 6.42 Å². The first-order valence-corrected chi connectivity index (χ1v) is 16.2. The first-order valence-electron chi connectivity index (χ1n) is 16.2. The Morgan fingerprint density at radius 3 is 2.11 bits per heavy atom. The van der Waals surface area contributed by atoms with E-state index in [1.807, 2.05) is 24.3 Å². The molecule has 5 amide bonds. The van der Waals surface area contributed by atoms with Crippen LogP contribution in [0.1, 0.15) is 84.1 Å². The second-order valence-corrected chi connectivity index (χ2v) is 12.0. The van der Waals surface area contributed by atoms with Gasteiger partial charge in [0.15, 0.2) is 0 Å². The number of amides is 5. The molecule has 3 atom stereocenters. The van der Waals surface area contributed by atoms with E-state index >= 15 is 0 Å². The Morgan fingerprint density at radius 2 is 1.47 bits per heavy atom. The normalized spacial score (nSPS) is 13.0. The van der Waals surface area contributed by atoms with Gasteiger partial charge in [0.05, 0.1) is 19.4 Å². The molecule has 7 N–H and O–H groups in total. The predicted octanol–water partition coefficient (Wildman–Crippen LogP) is 2.74. The number of carboxylic acids is 1. The summed E-state index contributed by atoms with van der Waals surface area (Å²) < 4.78 is 5.48. The van der Waals surface area contributed by atoms with Crippen LogP contribution in [0.3, 0.4) is 0 Å². The van der Waals surface area contributed by atoms with Gasteiger partial charge in [0.1, 0.15) is 18.1 Å². The number of carbonyl (C=O) groups is 6. The topological polar surface area (TPSA) is 213 Å². The number of carbonyl (C=O) groups excluding carboxylic acids is 5. The second kappa shape index (κ2) is 19.8.